The summed E-state index contributed by atoms with van der Waals surface area (Å²) >= 11 is 0. The molecule has 6 nitrogen and oxygen atoms in total. The van der Waals surface area contributed by atoms with Gasteiger partial charge in [-0.15, -0.1) is 0 Å². The van der Waals surface area contributed by atoms with E-state index in [-0.39, 0.29) is 12.7 Å². The molecule has 1 aliphatic rings. The van der Waals surface area contributed by atoms with Gasteiger partial charge in [0.25, 0.3) is 0 Å². The van der Waals surface area contributed by atoms with Crippen molar-refractivity contribution in [2.75, 3.05) is 19.7 Å². The Morgan fingerprint density at radius 2 is 1.43 bits per heavy atom. The van der Waals surface area contributed by atoms with Gasteiger partial charge in [-0.2, -0.15) is 13.2 Å². The van der Waals surface area contributed by atoms with Gasteiger partial charge in [-0.1, -0.05) is 48.5 Å². The van der Waals surface area contributed by atoms with Crippen LogP contribution in [0.2, 0.25) is 0 Å². The van der Waals surface area contributed by atoms with Crippen LogP contribution in [0.25, 0.3) is 33.0 Å². The summed E-state index contributed by atoms with van der Waals surface area (Å²) in [6.45, 7) is 8.46. The first-order valence-corrected chi connectivity index (χ1v) is 15.9. The second kappa shape index (κ2) is 13.4. The molecule has 0 aliphatic carbocycles. The van der Waals surface area contributed by atoms with E-state index in [0.717, 1.165) is 39.6 Å². The zero-order valence-electron chi connectivity index (χ0n) is 27.1. The number of carbonyl (C=O) groups excluding carboxylic acids is 2. The van der Waals surface area contributed by atoms with E-state index in [1.54, 1.807) is 24.0 Å². The van der Waals surface area contributed by atoms with E-state index in [2.05, 4.69) is 0 Å². The lowest BCUT2D eigenvalue weighted by atomic mass is 9.83. The third-order valence-electron chi connectivity index (χ3n) is 8.43. The third-order valence-corrected chi connectivity index (χ3v) is 8.43. The number of hydrogen-bond acceptors (Lipinski definition) is 5. The van der Waals surface area contributed by atoms with Crippen LogP contribution in [-0.4, -0.2) is 47.4 Å². The summed E-state index contributed by atoms with van der Waals surface area (Å²) in [6, 6.07) is 21.8. The van der Waals surface area contributed by atoms with E-state index in [4.69, 9.17) is 9.47 Å². The number of halogens is 3. The minimum absolute atomic E-state index is 0.209. The Balaban J connectivity index is 1.43. The van der Waals surface area contributed by atoms with Gasteiger partial charge in [0.15, 0.2) is 0 Å². The Labute approximate surface area is 273 Å². The van der Waals surface area contributed by atoms with Crippen LogP contribution >= 0.6 is 0 Å². The third kappa shape index (κ3) is 7.96. The number of benzene rings is 4. The second-order valence-corrected chi connectivity index (χ2v) is 13.0. The Bertz CT molecular complexity index is 1730. The molecule has 0 radical (unpaired) electrons. The van der Waals surface area contributed by atoms with Crippen molar-refractivity contribution in [3.05, 3.63) is 95.6 Å². The highest BCUT2D eigenvalue weighted by atomic mass is 19.4. The number of rotatable bonds is 5. The molecule has 1 fully saturated rings. The smallest absolute Gasteiger partial charge is 0.416 e. The monoisotopic (exact) mass is 647 g/mol. The molecule has 4 aromatic rings. The normalized spacial score (nSPS) is 15.5. The van der Waals surface area contributed by atoms with Crippen molar-refractivity contribution in [3.63, 3.8) is 0 Å². The fourth-order valence-corrected chi connectivity index (χ4v) is 6.09. The number of fused-ring (bicyclic) bond motifs is 1. The number of likely N-dealkylation sites (tertiary alicyclic amines) is 1. The molecule has 47 heavy (non-hydrogen) atoms. The fourth-order valence-electron chi connectivity index (χ4n) is 6.09. The summed E-state index contributed by atoms with van der Waals surface area (Å²) in [4.78, 5) is 27.2. The van der Waals surface area contributed by atoms with E-state index >= 15 is 0 Å². The van der Waals surface area contributed by atoms with Crippen molar-refractivity contribution in [2.45, 2.75) is 70.8 Å². The highest BCUT2D eigenvalue weighted by molar-refractivity contribution is 6.04. The molecule has 4 aromatic carbocycles. The molecular weight excluding hydrogens is 607 g/mol. The highest BCUT2D eigenvalue weighted by Crippen LogP contribution is 2.38. The average molecular weight is 648 g/mol. The number of nitrogens with zero attached hydrogens (tertiary/aromatic N) is 1. The van der Waals surface area contributed by atoms with Gasteiger partial charge in [-0.25, -0.2) is 9.59 Å². The molecule has 1 N–H and O–H groups in total. The minimum atomic E-state index is -4.42. The first-order chi connectivity index (χ1) is 22.2. The maximum Gasteiger partial charge on any atom is 0.416 e. The van der Waals surface area contributed by atoms with Gasteiger partial charge < -0.3 is 19.5 Å². The van der Waals surface area contributed by atoms with Crippen molar-refractivity contribution in [2.24, 2.45) is 0 Å². The summed E-state index contributed by atoms with van der Waals surface area (Å²) < 4.78 is 50.2. The van der Waals surface area contributed by atoms with Crippen molar-refractivity contribution in [1.29, 1.82) is 0 Å². The van der Waals surface area contributed by atoms with E-state index in [1.165, 1.54) is 12.1 Å². The number of ether oxygens (including phenoxy) is 2. The molecule has 248 valence electrons. The average Bonchev–Trinajstić information content (AvgIpc) is 3.01. The summed E-state index contributed by atoms with van der Waals surface area (Å²) in [5.74, 6) is -0.475. The van der Waals surface area contributed by atoms with Gasteiger partial charge >= 0.3 is 18.2 Å². The second-order valence-electron chi connectivity index (χ2n) is 13.0. The van der Waals surface area contributed by atoms with Gasteiger partial charge in [0.2, 0.25) is 0 Å². The molecule has 0 spiro atoms. The molecule has 1 heterocycles. The Morgan fingerprint density at radius 3 is 2.00 bits per heavy atom. The molecule has 9 heteroatoms. The molecule has 1 amide bonds. The molecule has 0 atom stereocenters. The lowest BCUT2D eigenvalue weighted by Gasteiger charge is -2.35. The Kier molecular flexibility index (Phi) is 9.68. The van der Waals surface area contributed by atoms with Crippen LogP contribution in [-0.2, 0) is 21.3 Å². The van der Waals surface area contributed by atoms with Gasteiger partial charge in [0.1, 0.15) is 5.60 Å². The van der Waals surface area contributed by atoms with Crippen molar-refractivity contribution in [1.82, 2.24) is 4.90 Å². The summed E-state index contributed by atoms with van der Waals surface area (Å²) in [5.41, 5.74) is 1.75. The SMILES string of the molecule is CCOC(=O)c1cc(-c2ccc(C3(O)CCCN(C(=O)OC(C)(C)C)CCC3)cc2)c2ccc(-c3ccc(C(F)(F)F)cc3)cc2c1. The van der Waals surface area contributed by atoms with Gasteiger partial charge in [-0.05, 0) is 122 Å². The predicted molar refractivity (Wildman–Crippen MR) is 176 cm³/mol. The van der Waals surface area contributed by atoms with Crippen molar-refractivity contribution in [3.8, 4) is 22.3 Å². The van der Waals surface area contributed by atoms with Gasteiger partial charge in [0, 0.05) is 13.1 Å². The van der Waals surface area contributed by atoms with E-state index < -0.39 is 28.9 Å². The standard InChI is InChI=1S/C38H40F3NO5/c1-5-46-34(43)29-23-28-22-27(25-8-15-31(16-9-25)38(39,40)41)12-17-32(28)33(24-29)26-10-13-30(14-11-26)37(45)18-6-20-42(21-7-19-37)35(44)47-36(2,3)4/h8-17,22-24,45H,5-7,18-21H2,1-4H3. The number of alkyl halides is 3. The topological polar surface area (TPSA) is 76.1 Å². The number of carbonyl (C=O) groups is 2. The largest absolute Gasteiger partial charge is 0.462 e. The number of amides is 1. The molecule has 1 aliphatic heterocycles. The molecule has 1 saturated heterocycles. The minimum Gasteiger partial charge on any atom is -0.462 e. The number of hydrogen-bond donors (Lipinski definition) is 1. The van der Waals surface area contributed by atoms with Crippen LogP contribution in [0.5, 0.6) is 0 Å². The Hall–Kier alpha value is -4.37. The molecular formula is C38H40F3NO5. The van der Waals surface area contributed by atoms with E-state index in [9.17, 15) is 27.9 Å². The first-order valence-electron chi connectivity index (χ1n) is 15.9. The maximum absolute atomic E-state index is 13.1. The molecule has 0 saturated carbocycles. The summed E-state index contributed by atoms with van der Waals surface area (Å²) in [5, 5.41) is 13.3. The quantitative estimate of drug-likeness (QED) is 0.219. The van der Waals surface area contributed by atoms with Gasteiger partial charge in [-0.3, -0.25) is 0 Å². The van der Waals surface area contributed by atoms with Crippen molar-refractivity contribution >= 4 is 22.8 Å². The summed E-state index contributed by atoms with van der Waals surface area (Å²) in [7, 11) is 0. The number of esters is 1. The zero-order valence-corrected chi connectivity index (χ0v) is 27.1. The lowest BCUT2D eigenvalue weighted by Crippen LogP contribution is -2.41. The predicted octanol–water partition coefficient (Wildman–Crippen LogP) is 9.37. The van der Waals surface area contributed by atoms with Crippen LogP contribution < -0.4 is 0 Å². The molecule has 0 aromatic heterocycles. The maximum atomic E-state index is 13.1. The van der Waals surface area contributed by atoms with E-state index in [1.807, 2.05) is 63.2 Å². The van der Waals surface area contributed by atoms with Crippen LogP contribution in [0.4, 0.5) is 18.0 Å². The van der Waals surface area contributed by atoms with Crippen LogP contribution in [0, 0.1) is 0 Å². The zero-order chi connectivity index (χ0) is 34.0. The van der Waals surface area contributed by atoms with Gasteiger partial charge in [0.05, 0.1) is 23.3 Å². The van der Waals surface area contributed by atoms with E-state index in [0.29, 0.717) is 55.5 Å². The molecule has 0 bridgehead atoms. The van der Waals surface area contributed by atoms with Crippen LogP contribution in [0.15, 0.2) is 78.9 Å². The lowest BCUT2D eigenvalue weighted by molar-refractivity contribution is -0.137. The fraction of sp³-hybridized carbons (Fsp3) is 0.368. The van der Waals surface area contributed by atoms with Crippen LogP contribution in [0.3, 0.4) is 0 Å². The Morgan fingerprint density at radius 1 is 0.830 bits per heavy atom. The highest BCUT2D eigenvalue weighted by Gasteiger charge is 2.33. The molecule has 0 unspecified atom stereocenters. The van der Waals surface area contributed by atoms with Crippen molar-refractivity contribution < 1.29 is 37.3 Å². The number of aliphatic hydroxyl groups is 1. The first kappa shape index (κ1) is 34.0. The summed E-state index contributed by atoms with van der Waals surface area (Å²) in [6.07, 6.45) is -2.55. The van der Waals surface area contributed by atoms with Crippen LogP contribution in [0.1, 0.15) is 74.9 Å². The molecule has 5 rings (SSSR count).